The summed E-state index contributed by atoms with van der Waals surface area (Å²) >= 11 is 9.84. The number of thioether (sulfide) groups is 1. The number of benzene rings is 2. The molecular weight excluding hydrogens is 583 g/mol. The SMILES string of the molecule is Cc1ccc(C)n1N1C(=O)/C(=C\c2cc(Br)ccc2Oc2ccc(C(F)(F)F)cc2[N+](=O)[O-])SC1=S. The second-order valence-corrected chi connectivity index (χ2v) is 10.2. The summed E-state index contributed by atoms with van der Waals surface area (Å²) in [4.78, 5) is 24.0. The third-order valence-corrected chi connectivity index (χ3v) is 6.94. The number of nitro groups is 1. The number of carbonyl (C=O) groups excluding carboxylic acids is 1. The van der Waals surface area contributed by atoms with Gasteiger partial charge in [0, 0.05) is 27.5 Å². The lowest BCUT2D eigenvalue weighted by atomic mass is 10.1. The Morgan fingerprint density at radius 3 is 2.33 bits per heavy atom. The summed E-state index contributed by atoms with van der Waals surface area (Å²) in [5, 5.41) is 12.8. The lowest BCUT2D eigenvalue weighted by molar-refractivity contribution is -0.385. The molecule has 0 bridgehead atoms. The molecule has 1 amide bonds. The number of thiocarbonyl (C=S) groups is 1. The molecule has 1 saturated heterocycles. The predicted octanol–water partition coefficient (Wildman–Crippen LogP) is 7.12. The van der Waals surface area contributed by atoms with Gasteiger partial charge in [-0.25, -0.2) is 0 Å². The summed E-state index contributed by atoms with van der Waals surface area (Å²) in [5.74, 6) is -0.658. The normalized spacial score (nSPS) is 15.2. The number of hydrogen-bond acceptors (Lipinski definition) is 6. The van der Waals surface area contributed by atoms with Crippen LogP contribution in [0.3, 0.4) is 0 Å². The van der Waals surface area contributed by atoms with Gasteiger partial charge in [-0.05, 0) is 74.6 Å². The average molecular weight is 598 g/mol. The molecule has 1 aliphatic rings. The van der Waals surface area contributed by atoms with Crippen molar-refractivity contribution in [3.63, 3.8) is 0 Å². The molecule has 13 heteroatoms. The van der Waals surface area contributed by atoms with E-state index in [4.69, 9.17) is 17.0 Å². The molecule has 186 valence electrons. The molecule has 0 spiro atoms. The van der Waals surface area contributed by atoms with Crippen LogP contribution in [0, 0.1) is 24.0 Å². The van der Waals surface area contributed by atoms with Crippen molar-refractivity contribution in [1.82, 2.24) is 4.68 Å². The molecule has 0 unspecified atom stereocenters. The fourth-order valence-corrected chi connectivity index (χ4v) is 5.13. The maximum absolute atomic E-state index is 13.2. The van der Waals surface area contributed by atoms with Gasteiger partial charge in [-0.1, -0.05) is 27.7 Å². The van der Waals surface area contributed by atoms with Crippen LogP contribution >= 0.6 is 39.9 Å². The van der Waals surface area contributed by atoms with Gasteiger partial charge in [0.15, 0.2) is 4.32 Å². The van der Waals surface area contributed by atoms with Crippen molar-refractivity contribution < 1.29 is 27.6 Å². The van der Waals surface area contributed by atoms with Crippen molar-refractivity contribution in [3.05, 3.63) is 90.5 Å². The van der Waals surface area contributed by atoms with Crippen molar-refractivity contribution >= 4 is 61.9 Å². The Kier molecular flexibility index (Phi) is 6.99. The van der Waals surface area contributed by atoms with E-state index in [2.05, 4.69) is 15.9 Å². The zero-order valence-corrected chi connectivity index (χ0v) is 21.7. The molecule has 1 fully saturated rings. The van der Waals surface area contributed by atoms with Crippen molar-refractivity contribution in [2.24, 2.45) is 0 Å². The number of hydrogen-bond donors (Lipinski definition) is 0. The van der Waals surface area contributed by atoms with Gasteiger partial charge in [-0.3, -0.25) is 19.6 Å². The van der Waals surface area contributed by atoms with E-state index in [9.17, 15) is 28.1 Å². The topological polar surface area (TPSA) is 77.6 Å². The standard InChI is InChI=1S/C23H15BrF3N3O4S2/c1-12-3-4-13(2)28(12)29-21(31)20(36-22(29)35)10-14-9-16(24)6-8-18(14)34-19-7-5-15(23(25,26)27)11-17(19)30(32)33/h3-11H,1-2H3/b20-10+. The molecule has 4 rings (SSSR count). The van der Waals surface area contributed by atoms with Crippen LogP contribution in [-0.2, 0) is 11.0 Å². The number of alkyl halides is 3. The number of amides is 1. The number of ether oxygens (including phenoxy) is 1. The van der Waals surface area contributed by atoms with E-state index in [1.807, 2.05) is 26.0 Å². The van der Waals surface area contributed by atoms with Crippen LogP contribution in [0.1, 0.15) is 22.5 Å². The maximum Gasteiger partial charge on any atom is 0.416 e. The Balaban J connectivity index is 1.73. The molecule has 0 radical (unpaired) electrons. The lowest BCUT2D eigenvalue weighted by Gasteiger charge is -2.20. The first-order valence-electron chi connectivity index (χ1n) is 10.1. The van der Waals surface area contributed by atoms with Gasteiger partial charge in [0.05, 0.1) is 15.4 Å². The fraction of sp³-hybridized carbons (Fsp3) is 0.130. The highest BCUT2D eigenvalue weighted by atomic mass is 79.9. The van der Waals surface area contributed by atoms with Crippen molar-refractivity contribution in [2.75, 3.05) is 5.01 Å². The van der Waals surface area contributed by atoms with E-state index >= 15 is 0 Å². The average Bonchev–Trinajstić information content (AvgIpc) is 3.25. The summed E-state index contributed by atoms with van der Waals surface area (Å²) in [5.41, 5.74) is -0.0299. The van der Waals surface area contributed by atoms with E-state index in [-0.39, 0.29) is 22.3 Å². The summed E-state index contributed by atoms with van der Waals surface area (Å²) in [7, 11) is 0. The van der Waals surface area contributed by atoms with Gasteiger partial charge in [0.25, 0.3) is 5.91 Å². The zero-order valence-electron chi connectivity index (χ0n) is 18.5. The van der Waals surface area contributed by atoms with Crippen molar-refractivity contribution in [1.29, 1.82) is 0 Å². The summed E-state index contributed by atoms with van der Waals surface area (Å²) in [6.07, 6.45) is -3.24. The lowest BCUT2D eigenvalue weighted by Crippen LogP contribution is -2.39. The van der Waals surface area contributed by atoms with Crippen LogP contribution in [0.4, 0.5) is 18.9 Å². The Morgan fingerprint density at radius 2 is 1.72 bits per heavy atom. The molecule has 1 aliphatic heterocycles. The molecule has 0 saturated carbocycles. The van der Waals surface area contributed by atoms with Crippen LogP contribution in [0.2, 0.25) is 0 Å². The quantitative estimate of drug-likeness (QED) is 0.135. The minimum absolute atomic E-state index is 0.0969. The molecule has 7 nitrogen and oxygen atoms in total. The smallest absolute Gasteiger partial charge is 0.416 e. The fourth-order valence-electron chi connectivity index (χ4n) is 3.52. The number of rotatable bonds is 5. The Labute approximate surface area is 220 Å². The van der Waals surface area contributed by atoms with Crippen LogP contribution in [0.5, 0.6) is 11.5 Å². The highest BCUT2D eigenvalue weighted by molar-refractivity contribution is 9.10. The highest BCUT2D eigenvalue weighted by Crippen LogP contribution is 2.40. The van der Waals surface area contributed by atoms with E-state index in [1.54, 1.807) is 16.8 Å². The van der Waals surface area contributed by atoms with Gasteiger partial charge in [-0.2, -0.15) is 18.2 Å². The van der Waals surface area contributed by atoms with E-state index in [0.717, 1.165) is 29.2 Å². The van der Waals surface area contributed by atoms with Crippen LogP contribution in [-0.4, -0.2) is 19.8 Å². The number of nitrogens with zero attached hydrogens (tertiary/aromatic N) is 3. The molecule has 2 heterocycles. The molecular formula is C23H15BrF3N3O4S2. The first-order valence-corrected chi connectivity index (χ1v) is 12.1. The van der Waals surface area contributed by atoms with Crippen LogP contribution < -0.4 is 9.75 Å². The zero-order chi connectivity index (χ0) is 26.4. The van der Waals surface area contributed by atoms with Crippen LogP contribution in [0.15, 0.2) is 57.9 Å². The summed E-state index contributed by atoms with van der Waals surface area (Å²) < 4.78 is 47.5. The Bertz CT molecular complexity index is 1430. The third kappa shape index (κ3) is 5.04. The second-order valence-electron chi connectivity index (χ2n) is 7.64. The molecule has 2 aromatic carbocycles. The monoisotopic (exact) mass is 597 g/mol. The number of halogens is 4. The van der Waals surface area contributed by atoms with Gasteiger partial charge in [0.1, 0.15) is 5.75 Å². The molecule has 0 aliphatic carbocycles. The van der Waals surface area contributed by atoms with Crippen molar-refractivity contribution in [3.8, 4) is 11.5 Å². The van der Waals surface area contributed by atoms with Gasteiger partial charge in [-0.15, -0.1) is 0 Å². The van der Waals surface area contributed by atoms with E-state index in [1.165, 1.54) is 17.2 Å². The van der Waals surface area contributed by atoms with E-state index in [0.29, 0.717) is 26.5 Å². The maximum atomic E-state index is 13.2. The second kappa shape index (κ2) is 9.71. The minimum atomic E-state index is -4.75. The first-order chi connectivity index (χ1) is 16.9. The summed E-state index contributed by atoms with van der Waals surface area (Å²) in [6.45, 7) is 3.68. The molecule has 36 heavy (non-hydrogen) atoms. The predicted molar refractivity (Wildman–Crippen MR) is 138 cm³/mol. The number of aryl methyl sites for hydroxylation is 2. The third-order valence-electron chi connectivity index (χ3n) is 5.17. The number of nitro benzene ring substituents is 1. The van der Waals surface area contributed by atoms with E-state index < -0.39 is 22.4 Å². The molecule has 0 atom stereocenters. The first kappa shape index (κ1) is 25.9. The molecule has 0 N–H and O–H groups in total. The largest absolute Gasteiger partial charge is 0.449 e. The minimum Gasteiger partial charge on any atom is -0.449 e. The van der Waals surface area contributed by atoms with Crippen molar-refractivity contribution in [2.45, 2.75) is 20.0 Å². The highest BCUT2D eigenvalue weighted by Gasteiger charge is 2.36. The van der Waals surface area contributed by atoms with Gasteiger partial charge >= 0.3 is 11.9 Å². The molecule has 1 aromatic heterocycles. The number of aromatic nitrogens is 1. The van der Waals surface area contributed by atoms with Gasteiger partial charge in [0.2, 0.25) is 5.75 Å². The van der Waals surface area contributed by atoms with Gasteiger partial charge < -0.3 is 4.74 Å². The summed E-state index contributed by atoms with van der Waals surface area (Å²) in [6, 6.07) is 10.4. The Hall–Kier alpha value is -3.16. The van der Waals surface area contributed by atoms with Crippen LogP contribution in [0.25, 0.3) is 6.08 Å². The molecule has 3 aromatic rings. The Morgan fingerprint density at radius 1 is 1.08 bits per heavy atom. The number of carbonyl (C=O) groups is 1.